The van der Waals surface area contributed by atoms with Gasteiger partial charge in [-0.3, -0.25) is 38.5 Å². The average molecular weight is 588 g/mol. The van der Waals surface area contributed by atoms with Crippen LogP contribution in [0.2, 0.25) is 0 Å². The predicted molar refractivity (Wildman–Crippen MR) is 131 cm³/mol. The summed E-state index contributed by atoms with van der Waals surface area (Å²) in [6.07, 6.45) is 0.785. The molecule has 2 aliphatic rings. The monoisotopic (exact) mass is 587 g/mol. The molecule has 0 aromatic heterocycles. The molecule has 2 rings (SSSR count). The summed E-state index contributed by atoms with van der Waals surface area (Å²) in [6.45, 7) is 1.70. The number of hydrogen-bond acceptors (Lipinski definition) is 14. The summed E-state index contributed by atoms with van der Waals surface area (Å²) in [7, 11) is 0. The van der Waals surface area contributed by atoms with Crippen LogP contribution in [0.1, 0.15) is 25.7 Å². The minimum Gasteiger partial charge on any atom is -0.428 e. The molecule has 1 N–H and O–H groups in total. The molecule has 0 aromatic rings. The third-order valence-corrected chi connectivity index (χ3v) is 5.17. The van der Waals surface area contributed by atoms with Gasteiger partial charge in [-0.25, -0.2) is 4.79 Å². The van der Waals surface area contributed by atoms with Crippen molar-refractivity contribution in [1.29, 1.82) is 0 Å². The fourth-order valence-electron chi connectivity index (χ4n) is 3.11. The molecule has 0 saturated carbocycles. The number of hydrogen-bond donors (Lipinski definition) is 1. The molecule has 0 atom stereocenters. The highest BCUT2D eigenvalue weighted by atomic mass is 16.9. The number of imide groups is 2. The van der Waals surface area contributed by atoms with Crippen LogP contribution >= 0.6 is 0 Å². The Hall–Kier alpha value is -3.93. The number of amides is 5. The molecule has 1 fully saturated rings. The van der Waals surface area contributed by atoms with Crippen LogP contribution in [0, 0.1) is 0 Å². The molecule has 0 aromatic carbocycles. The molecule has 0 spiro atoms. The van der Waals surface area contributed by atoms with Crippen LogP contribution in [0.15, 0.2) is 12.2 Å². The molecular weight excluding hydrogens is 554 g/mol. The number of carbonyl (C=O) groups excluding carboxylic acids is 7. The van der Waals surface area contributed by atoms with E-state index in [4.69, 9.17) is 18.9 Å². The van der Waals surface area contributed by atoms with Gasteiger partial charge in [-0.05, 0) is 0 Å². The summed E-state index contributed by atoms with van der Waals surface area (Å²) in [4.78, 5) is 85.6. The van der Waals surface area contributed by atoms with E-state index >= 15 is 0 Å². The van der Waals surface area contributed by atoms with Crippen molar-refractivity contribution in [1.82, 2.24) is 15.3 Å². The Morgan fingerprint density at radius 2 is 1.24 bits per heavy atom. The third-order valence-electron chi connectivity index (χ3n) is 5.17. The summed E-state index contributed by atoms with van der Waals surface area (Å²) in [5.41, 5.74) is 0. The van der Waals surface area contributed by atoms with Gasteiger partial charge in [-0.15, -0.1) is 0 Å². The largest absolute Gasteiger partial charge is 0.536 e. The number of carbonyl (C=O) groups is 7. The Bertz CT molecular complexity index is 935. The zero-order chi connectivity index (χ0) is 29.9. The van der Waals surface area contributed by atoms with Crippen LogP contribution in [0.5, 0.6) is 0 Å². The van der Waals surface area contributed by atoms with E-state index in [-0.39, 0.29) is 71.1 Å². The maximum absolute atomic E-state index is 11.7. The van der Waals surface area contributed by atoms with Crippen molar-refractivity contribution in [2.24, 2.45) is 0 Å². The molecule has 2 heterocycles. The van der Waals surface area contributed by atoms with Gasteiger partial charge in [0.2, 0.25) is 12.7 Å². The molecule has 0 radical (unpaired) electrons. The molecule has 0 bridgehead atoms. The maximum Gasteiger partial charge on any atom is 0.536 e. The molecule has 41 heavy (non-hydrogen) atoms. The van der Waals surface area contributed by atoms with Gasteiger partial charge in [0, 0.05) is 44.5 Å². The van der Waals surface area contributed by atoms with E-state index in [0.717, 1.165) is 4.90 Å². The first-order chi connectivity index (χ1) is 19.8. The molecule has 5 amide bonds. The van der Waals surface area contributed by atoms with Gasteiger partial charge in [-0.2, -0.15) is 0 Å². The van der Waals surface area contributed by atoms with Crippen LogP contribution in [-0.4, -0.2) is 124 Å². The van der Waals surface area contributed by atoms with Gasteiger partial charge < -0.3 is 33.7 Å². The highest BCUT2D eigenvalue weighted by Crippen LogP contribution is 2.12. The number of rotatable bonds is 21. The Labute approximate surface area is 234 Å². The minimum atomic E-state index is -1.35. The Kier molecular flexibility index (Phi) is 15.6. The van der Waals surface area contributed by atoms with Crippen molar-refractivity contribution in [2.75, 3.05) is 72.7 Å². The van der Waals surface area contributed by atoms with E-state index in [0.29, 0.717) is 31.5 Å². The lowest BCUT2D eigenvalue weighted by Gasteiger charge is -2.13. The van der Waals surface area contributed by atoms with Crippen LogP contribution in [0.4, 0.5) is 4.79 Å². The van der Waals surface area contributed by atoms with Crippen LogP contribution in [-0.2, 0) is 62.0 Å². The highest BCUT2D eigenvalue weighted by molar-refractivity contribution is 6.13. The first-order valence-corrected chi connectivity index (χ1v) is 12.7. The number of esters is 1. The summed E-state index contributed by atoms with van der Waals surface area (Å²) >= 11 is 0. The Morgan fingerprint density at radius 1 is 0.707 bits per heavy atom. The molecular formula is C24H33N3O14. The Balaban J connectivity index is 1.28. The molecule has 1 saturated heterocycles. The summed E-state index contributed by atoms with van der Waals surface area (Å²) in [5.74, 6) is -3.16. The van der Waals surface area contributed by atoms with Crippen molar-refractivity contribution < 1.29 is 66.8 Å². The topological polar surface area (TPSA) is 203 Å². The quantitative estimate of drug-likeness (QED) is 0.0710. The lowest BCUT2D eigenvalue weighted by atomic mass is 10.3. The molecule has 228 valence electrons. The zero-order valence-electron chi connectivity index (χ0n) is 22.4. The smallest absolute Gasteiger partial charge is 0.428 e. The molecule has 17 nitrogen and oxygen atoms in total. The standard InChI is InChI=1S/C24H33N3O14/c28-18(5-8-26-19(29)1-2-20(26)30)25-7-10-36-12-14-38-16-15-37-13-11-35-9-6-23(33)39-17-40-24(34)41-27-21(31)3-4-22(27)32/h1-2H,3-17H2,(H,25,28). The van der Waals surface area contributed by atoms with Gasteiger partial charge >= 0.3 is 12.1 Å². The summed E-state index contributed by atoms with van der Waals surface area (Å²) in [5, 5.41) is 2.94. The second-order valence-electron chi connectivity index (χ2n) is 8.16. The van der Waals surface area contributed by atoms with Crippen molar-refractivity contribution in [3.8, 4) is 0 Å². The van der Waals surface area contributed by atoms with Crippen LogP contribution in [0.25, 0.3) is 0 Å². The number of ether oxygens (including phenoxy) is 6. The third kappa shape index (κ3) is 13.8. The van der Waals surface area contributed by atoms with Gasteiger partial charge in [0.1, 0.15) is 0 Å². The lowest BCUT2D eigenvalue weighted by Crippen LogP contribution is -2.35. The normalized spacial score (nSPS) is 14.6. The van der Waals surface area contributed by atoms with Crippen LogP contribution < -0.4 is 5.32 Å². The van der Waals surface area contributed by atoms with Crippen LogP contribution in [0.3, 0.4) is 0 Å². The van der Waals surface area contributed by atoms with Crippen molar-refractivity contribution in [2.45, 2.75) is 25.7 Å². The van der Waals surface area contributed by atoms with E-state index in [2.05, 4.69) is 19.6 Å². The molecule has 0 aliphatic carbocycles. The van der Waals surface area contributed by atoms with E-state index in [1.807, 2.05) is 0 Å². The number of nitrogens with zero attached hydrogens (tertiary/aromatic N) is 2. The molecule has 2 aliphatic heterocycles. The average Bonchev–Trinajstić information content (AvgIpc) is 3.43. The maximum atomic E-state index is 11.7. The molecule has 17 heteroatoms. The van der Waals surface area contributed by atoms with E-state index < -0.39 is 42.5 Å². The van der Waals surface area contributed by atoms with Crippen molar-refractivity contribution >= 4 is 41.7 Å². The fourth-order valence-corrected chi connectivity index (χ4v) is 3.11. The summed E-state index contributed by atoms with van der Waals surface area (Å²) in [6, 6.07) is 0. The Morgan fingerprint density at radius 3 is 1.83 bits per heavy atom. The minimum absolute atomic E-state index is 0.0187. The first kappa shape index (κ1) is 33.3. The summed E-state index contributed by atoms with van der Waals surface area (Å²) < 4.78 is 30.3. The van der Waals surface area contributed by atoms with Crippen molar-refractivity contribution in [3.05, 3.63) is 12.2 Å². The SMILES string of the molecule is O=C(CCN1C(=O)C=CC1=O)NCCOCCOCCOCCOCCC(=O)OCOC(=O)ON1C(=O)CCC1=O. The second kappa shape index (κ2) is 19.2. The molecule has 0 unspecified atom stereocenters. The van der Waals surface area contributed by atoms with Gasteiger partial charge in [0.05, 0.1) is 59.3 Å². The van der Waals surface area contributed by atoms with Gasteiger partial charge in [0.15, 0.2) is 0 Å². The highest BCUT2D eigenvalue weighted by Gasteiger charge is 2.33. The predicted octanol–water partition coefficient (Wildman–Crippen LogP) is -1.41. The lowest BCUT2D eigenvalue weighted by molar-refractivity contribution is -0.182. The van der Waals surface area contributed by atoms with E-state index in [1.165, 1.54) is 12.2 Å². The van der Waals surface area contributed by atoms with Crippen molar-refractivity contribution in [3.63, 3.8) is 0 Å². The zero-order valence-corrected chi connectivity index (χ0v) is 22.4. The van der Waals surface area contributed by atoms with Gasteiger partial charge in [0.25, 0.3) is 23.6 Å². The first-order valence-electron chi connectivity index (χ1n) is 12.7. The fraction of sp³-hybridized carbons (Fsp3) is 0.625. The van der Waals surface area contributed by atoms with Gasteiger partial charge in [-0.1, -0.05) is 5.06 Å². The van der Waals surface area contributed by atoms with E-state index in [9.17, 15) is 33.6 Å². The van der Waals surface area contributed by atoms with E-state index in [1.54, 1.807) is 0 Å². The number of nitrogens with one attached hydrogen (secondary N) is 1. The second-order valence-corrected chi connectivity index (χ2v) is 8.16. The number of hydroxylamine groups is 2.